The second kappa shape index (κ2) is 3.91. The Labute approximate surface area is 103 Å². The van der Waals surface area contributed by atoms with Gasteiger partial charge < -0.3 is 0 Å². The number of nitrogens with two attached hydrogens (primary N) is 1. The molecule has 0 atom stereocenters. The monoisotopic (exact) mass is 324 g/mol. The Morgan fingerprint density at radius 2 is 2.12 bits per heavy atom. The lowest BCUT2D eigenvalue weighted by molar-refractivity contribution is 0.793. The summed E-state index contributed by atoms with van der Waals surface area (Å²) in [5.41, 5.74) is 2.03. The summed E-state index contributed by atoms with van der Waals surface area (Å²) in [5.74, 6) is 6.75. The van der Waals surface area contributed by atoms with Gasteiger partial charge in [-0.05, 0) is 12.1 Å². The van der Waals surface area contributed by atoms with Gasteiger partial charge in [-0.2, -0.15) is 0 Å². The van der Waals surface area contributed by atoms with E-state index in [0.717, 1.165) is 22.3 Å². The zero-order valence-corrected chi connectivity index (χ0v) is 10.5. The molecule has 2 N–H and O–H groups in total. The van der Waals surface area contributed by atoms with Crippen molar-refractivity contribution in [1.29, 1.82) is 0 Å². The predicted octanol–water partition coefficient (Wildman–Crippen LogP) is 1.82. The number of aliphatic imine (C=N–C) groups is 1. The number of nitrogens with zero attached hydrogens (tertiary/aromatic N) is 3. The van der Waals surface area contributed by atoms with Gasteiger partial charge in [0.1, 0.15) is 0 Å². The van der Waals surface area contributed by atoms with Gasteiger partial charge in [0.05, 0.1) is 9.65 Å². The Balaban J connectivity index is 2.25. The van der Waals surface area contributed by atoms with Gasteiger partial charge in [-0.15, -0.1) is 0 Å². The van der Waals surface area contributed by atoms with Gasteiger partial charge in [0.15, 0.2) is 5.84 Å². The number of halogens is 1. The van der Waals surface area contributed by atoms with Crippen molar-refractivity contribution >= 4 is 41.9 Å². The molecule has 0 amide bonds. The van der Waals surface area contributed by atoms with Crippen molar-refractivity contribution in [3.63, 3.8) is 0 Å². The van der Waals surface area contributed by atoms with Crippen LogP contribution in [-0.4, -0.2) is 18.2 Å². The molecule has 16 heavy (non-hydrogen) atoms. The number of rotatable bonds is 1. The third kappa shape index (κ3) is 1.52. The van der Waals surface area contributed by atoms with E-state index in [1.54, 1.807) is 9.42 Å². The highest BCUT2D eigenvalue weighted by molar-refractivity contribution is 14.2. The van der Waals surface area contributed by atoms with Gasteiger partial charge >= 0.3 is 0 Å². The zero-order valence-electron chi connectivity index (χ0n) is 8.34. The van der Waals surface area contributed by atoms with E-state index < -0.39 is 0 Å². The Morgan fingerprint density at radius 1 is 1.19 bits per heavy atom. The number of amidine groups is 1. The highest BCUT2D eigenvalue weighted by Crippen LogP contribution is 2.22. The lowest BCUT2D eigenvalue weighted by Crippen LogP contribution is -2.27. The van der Waals surface area contributed by atoms with Crippen molar-refractivity contribution in [2.24, 2.45) is 10.8 Å². The first-order chi connectivity index (χ1) is 7.86. The van der Waals surface area contributed by atoms with Crippen molar-refractivity contribution in [3.8, 4) is 0 Å². The van der Waals surface area contributed by atoms with Crippen LogP contribution >= 0.6 is 21.0 Å². The summed E-state index contributed by atoms with van der Waals surface area (Å²) >= 11 is -0.281. The van der Waals surface area contributed by atoms with Crippen molar-refractivity contribution in [2.45, 2.75) is 0 Å². The SMILES string of the molecule is NN1I=CN=C1c1cccc2ncccc12. The summed E-state index contributed by atoms with van der Waals surface area (Å²) in [6, 6.07) is 9.99. The van der Waals surface area contributed by atoms with Crippen LogP contribution in [0.25, 0.3) is 10.9 Å². The Kier molecular flexibility index (Phi) is 2.41. The zero-order chi connectivity index (χ0) is 11.0. The molecule has 0 spiro atoms. The first-order valence-corrected chi connectivity index (χ1v) is 6.99. The average Bonchev–Trinajstić information content (AvgIpc) is 2.75. The van der Waals surface area contributed by atoms with E-state index in [1.807, 2.05) is 34.5 Å². The molecule has 1 aliphatic rings. The maximum Gasteiger partial charge on any atom is 0.159 e. The Morgan fingerprint density at radius 3 is 2.94 bits per heavy atom. The fourth-order valence-electron chi connectivity index (χ4n) is 1.70. The van der Waals surface area contributed by atoms with Crippen LogP contribution in [0, 0.1) is 0 Å². The fraction of sp³-hybridized carbons (Fsp3) is 0. The van der Waals surface area contributed by atoms with E-state index in [2.05, 4.69) is 9.98 Å². The third-order valence-corrected chi connectivity index (χ3v) is 3.99. The topological polar surface area (TPSA) is 54.5 Å². The molecule has 3 rings (SSSR count). The molecule has 80 valence electrons. The number of hydrazine groups is 1. The minimum Gasteiger partial charge on any atom is -0.256 e. The number of fused-ring (bicyclic) bond motifs is 1. The van der Waals surface area contributed by atoms with Crippen molar-refractivity contribution < 1.29 is 0 Å². The summed E-state index contributed by atoms with van der Waals surface area (Å²) < 4.78 is 3.67. The van der Waals surface area contributed by atoms with Crippen LogP contribution in [0.5, 0.6) is 0 Å². The van der Waals surface area contributed by atoms with Gasteiger partial charge in [0.2, 0.25) is 0 Å². The Bertz CT molecular complexity index is 600. The lowest BCUT2D eigenvalue weighted by atomic mass is 10.1. The molecule has 2 aromatic rings. The second-order valence-electron chi connectivity index (χ2n) is 3.33. The summed E-state index contributed by atoms with van der Waals surface area (Å²) in [6.45, 7) is 0. The van der Waals surface area contributed by atoms with Crippen LogP contribution in [0.2, 0.25) is 0 Å². The quantitative estimate of drug-likeness (QED) is 0.495. The highest BCUT2D eigenvalue weighted by Gasteiger charge is 2.14. The van der Waals surface area contributed by atoms with Gasteiger partial charge in [-0.3, -0.25) is 4.98 Å². The molecule has 1 aliphatic heterocycles. The molecule has 0 radical (unpaired) electrons. The van der Waals surface area contributed by atoms with Crippen LogP contribution in [0.15, 0.2) is 41.5 Å². The molecule has 0 bridgehead atoms. The second-order valence-corrected chi connectivity index (χ2v) is 5.49. The molecule has 1 aromatic carbocycles. The van der Waals surface area contributed by atoms with Gasteiger partial charge in [-0.25, -0.2) is 14.1 Å². The van der Waals surface area contributed by atoms with Crippen LogP contribution in [0.1, 0.15) is 5.56 Å². The summed E-state index contributed by atoms with van der Waals surface area (Å²) in [5, 5.41) is 1.10. The van der Waals surface area contributed by atoms with Gasteiger partial charge in [0, 0.05) is 38.2 Å². The molecule has 2 heterocycles. The number of hydrogen-bond acceptors (Lipinski definition) is 4. The summed E-state index contributed by atoms with van der Waals surface area (Å²) in [6.07, 6.45) is 1.79. The fourth-order valence-corrected chi connectivity index (χ4v) is 3.00. The largest absolute Gasteiger partial charge is 0.256 e. The molecule has 1 aromatic heterocycles. The molecule has 0 saturated heterocycles. The number of hydrogen-bond donors (Lipinski definition) is 1. The molecule has 0 aliphatic carbocycles. The molecule has 0 unspecified atom stereocenters. The minimum atomic E-state index is -0.281. The van der Waals surface area contributed by atoms with Crippen LogP contribution < -0.4 is 5.84 Å². The van der Waals surface area contributed by atoms with Crippen molar-refractivity contribution in [2.75, 3.05) is 0 Å². The minimum absolute atomic E-state index is 0.281. The van der Waals surface area contributed by atoms with Crippen LogP contribution in [0.3, 0.4) is 0 Å². The molecular formula is C11H9IN4. The predicted molar refractivity (Wildman–Crippen MR) is 74.4 cm³/mol. The van der Waals surface area contributed by atoms with Crippen LogP contribution in [0.4, 0.5) is 0 Å². The lowest BCUT2D eigenvalue weighted by Gasteiger charge is -2.12. The van der Waals surface area contributed by atoms with Gasteiger partial charge in [-0.1, -0.05) is 18.2 Å². The van der Waals surface area contributed by atoms with E-state index in [0.29, 0.717) is 0 Å². The Hall–Kier alpha value is -1.34. The number of benzene rings is 1. The van der Waals surface area contributed by atoms with Crippen LogP contribution in [-0.2, 0) is 0 Å². The van der Waals surface area contributed by atoms with Crippen molar-refractivity contribution in [1.82, 2.24) is 8.21 Å². The van der Waals surface area contributed by atoms with E-state index in [4.69, 9.17) is 5.84 Å². The van der Waals surface area contributed by atoms with E-state index in [9.17, 15) is 0 Å². The smallest absolute Gasteiger partial charge is 0.159 e. The van der Waals surface area contributed by atoms with Gasteiger partial charge in [0.25, 0.3) is 0 Å². The van der Waals surface area contributed by atoms with E-state index in [-0.39, 0.29) is 21.0 Å². The highest BCUT2D eigenvalue weighted by atomic mass is 127. The summed E-state index contributed by atoms with van der Waals surface area (Å²) in [4.78, 5) is 8.67. The number of aromatic nitrogens is 1. The van der Waals surface area contributed by atoms with E-state index >= 15 is 0 Å². The standard InChI is InChI=1S/C11H9IN4/c13-16-11(15-7-12-16)9-3-1-5-10-8(9)4-2-6-14-10/h1-7H,13H2. The third-order valence-electron chi connectivity index (χ3n) is 2.41. The molecule has 5 heteroatoms. The van der Waals surface area contributed by atoms with E-state index in [1.165, 1.54) is 0 Å². The molecule has 4 nitrogen and oxygen atoms in total. The molecule has 0 fully saturated rings. The first-order valence-electron chi connectivity index (χ1n) is 4.78. The molecule has 0 saturated carbocycles. The number of pyridine rings is 1. The maximum absolute atomic E-state index is 5.90. The van der Waals surface area contributed by atoms with Crippen molar-refractivity contribution in [3.05, 3.63) is 42.1 Å². The first kappa shape index (κ1) is 9.86. The summed E-state index contributed by atoms with van der Waals surface area (Å²) in [7, 11) is 0. The molecular weight excluding hydrogens is 315 g/mol. The normalized spacial score (nSPS) is 15.1. The average molecular weight is 324 g/mol. The maximum atomic E-state index is 5.90.